The molecule has 1 heterocycles. The molecule has 6 nitrogen and oxygen atoms in total. The average molecular weight is 310 g/mol. The van der Waals surface area contributed by atoms with Gasteiger partial charge in [0.15, 0.2) is 5.76 Å². The van der Waals surface area contributed by atoms with Gasteiger partial charge < -0.3 is 9.63 Å². The SMILES string of the molecule is Cc1noc(C)c1S(=O)(=O)NCC(C)(O)c1ccccc1. The van der Waals surface area contributed by atoms with Crippen LogP contribution in [0.25, 0.3) is 0 Å². The molecule has 1 aromatic carbocycles. The van der Waals surface area contributed by atoms with Crippen molar-refractivity contribution < 1.29 is 18.0 Å². The van der Waals surface area contributed by atoms with E-state index in [0.29, 0.717) is 11.3 Å². The summed E-state index contributed by atoms with van der Waals surface area (Å²) in [5.41, 5.74) is -0.390. The third-order valence-electron chi connectivity index (χ3n) is 3.24. The van der Waals surface area contributed by atoms with E-state index in [1.54, 1.807) is 38.1 Å². The van der Waals surface area contributed by atoms with Gasteiger partial charge in [-0.3, -0.25) is 0 Å². The number of nitrogens with zero attached hydrogens (tertiary/aromatic N) is 1. The normalized spacial score (nSPS) is 14.9. The number of sulfonamides is 1. The maximum Gasteiger partial charge on any atom is 0.246 e. The van der Waals surface area contributed by atoms with E-state index in [1.807, 2.05) is 6.07 Å². The summed E-state index contributed by atoms with van der Waals surface area (Å²) in [6.07, 6.45) is 0. The van der Waals surface area contributed by atoms with Crippen LogP contribution in [0.4, 0.5) is 0 Å². The monoisotopic (exact) mass is 310 g/mol. The molecule has 0 aliphatic heterocycles. The molecule has 0 saturated carbocycles. The number of aromatic nitrogens is 1. The molecule has 2 aromatic rings. The van der Waals surface area contributed by atoms with E-state index in [4.69, 9.17) is 4.52 Å². The smallest absolute Gasteiger partial charge is 0.246 e. The molecule has 21 heavy (non-hydrogen) atoms. The Balaban J connectivity index is 2.20. The van der Waals surface area contributed by atoms with E-state index >= 15 is 0 Å². The van der Waals surface area contributed by atoms with E-state index < -0.39 is 15.6 Å². The Hall–Kier alpha value is -1.70. The zero-order valence-electron chi connectivity index (χ0n) is 12.1. The van der Waals surface area contributed by atoms with Crippen molar-refractivity contribution in [2.75, 3.05) is 6.54 Å². The van der Waals surface area contributed by atoms with E-state index in [9.17, 15) is 13.5 Å². The average Bonchev–Trinajstić information content (AvgIpc) is 2.78. The number of nitrogens with one attached hydrogen (secondary N) is 1. The summed E-state index contributed by atoms with van der Waals surface area (Å²) in [4.78, 5) is 0.0198. The van der Waals surface area contributed by atoms with Crippen molar-refractivity contribution in [2.45, 2.75) is 31.3 Å². The summed E-state index contributed by atoms with van der Waals surface area (Å²) in [6.45, 7) is 4.49. The number of benzene rings is 1. The Morgan fingerprint density at radius 1 is 1.29 bits per heavy atom. The molecule has 0 amide bonds. The molecule has 1 atom stereocenters. The van der Waals surface area contributed by atoms with Crippen LogP contribution in [-0.4, -0.2) is 25.2 Å². The van der Waals surface area contributed by atoms with E-state index in [0.717, 1.165) is 0 Å². The Labute approximate surface area is 123 Å². The predicted molar refractivity (Wildman–Crippen MR) is 77.2 cm³/mol. The molecule has 2 N–H and O–H groups in total. The fourth-order valence-electron chi connectivity index (χ4n) is 2.07. The summed E-state index contributed by atoms with van der Waals surface area (Å²) < 4.78 is 31.9. The van der Waals surface area contributed by atoms with Gasteiger partial charge in [-0.25, -0.2) is 13.1 Å². The zero-order valence-corrected chi connectivity index (χ0v) is 12.9. The molecule has 2 rings (SSSR count). The van der Waals surface area contributed by atoms with E-state index in [2.05, 4.69) is 9.88 Å². The number of hydrogen-bond donors (Lipinski definition) is 2. The van der Waals surface area contributed by atoms with Crippen LogP contribution in [0, 0.1) is 13.8 Å². The first kappa shape index (κ1) is 15.7. The molecule has 0 aliphatic carbocycles. The van der Waals surface area contributed by atoms with Gasteiger partial charge in [-0.2, -0.15) is 0 Å². The van der Waals surface area contributed by atoms with Crippen molar-refractivity contribution >= 4 is 10.0 Å². The standard InChI is InChI=1S/C14H18N2O4S/c1-10-13(11(2)20-16-10)21(18,19)15-9-14(3,17)12-7-5-4-6-8-12/h4-8,15,17H,9H2,1-3H3. The van der Waals surface area contributed by atoms with Crippen molar-refractivity contribution in [2.24, 2.45) is 0 Å². The first-order valence-corrected chi connectivity index (χ1v) is 7.93. The van der Waals surface area contributed by atoms with E-state index in [-0.39, 0.29) is 17.2 Å². The number of aryl methyl sites for hydroxylation is 2. The van der Waals surface area contributed by atoms with Gasteiger partial charge in [-0.15, -0.1) is 0 Å². The van der Waals surface area contributed by atoms with Crippen molar-refractivity contribution in [1.82, 2.24) is 9.88 Å². The molecule has 0 fully saturated rings. The minimum Gasteiger partial charge on any atom is -0.384 e. The van der Waals surface area contributed by atoms with Crippen LogP contribution in [-0.2, 0) is 15.6 Å². The minimum atomic E-state index is -3.79. The minimum absolute atomic E-state index is 0.0198. The predicted octanol–water partition coefficient (Wildman–Crippen LogP) is 1.48. The van der Waals surface area contributed by atoms with Crippen LogP contribution in [0.15, 0.2) is 39.8 Å². The second-order valence-electron chi connectivity index (χ2n) is 5.12. The summed E-state index contributed by atoms with van der Waals surface area (Å²) >= 11 is 0. The lowest BCUT2D eigenvalue weighted by atomic mass is 9.97. The molecular weight excluding hydrogens is 292 g/mol. The molecule has 0 radical (unpaired) electrons. The largest absolute Gasteiger partial charge is 0.384 e. The van der Waals surface area contributed by atoms with Crippen LogP contribution < -0.4 is 4.72 Å². The van der Waals surface area contributed by atoms with Gasteiger partial charge in [0.2, 0.25) is 10.0 Å². The number of hydrogen-bond acceptors (Lipinski definition) is 5. The fourth-order valence-corrected chi connectivity index (χ4v) is 3.52. The highest BCUT2D eigenvalue weighted by Crippen LogP contribution is 2.22. The summed E-state index contributed by atoms with van der Waals surface area (Å²) in [6, 6.07) is 8.88. The lowest BCUT2D eigenvalue weighted by Crippen LogP contribution is -2.38. The second kappa shape index (κ2) is 5.59. The van der Waals surface area contributed by atoms with Crippen molar-refractivity contribution in [3.63, 3.8) is 0 Å². The molecule has 0 spiro atoms. The van der Waals surface area contributed by atoms with E-state index in [1.165, 1.54) is 6.92 Å². The lowest BCUT2D eigenvalue weighted by molar-refractivity contribution is 0.0627. The van der Waals surface area contributed by atoms with Gasteiger partial charge in [0, 0.05) is 6.54 Å². The molecular formula is C14H18N2O4S. The Bertz CT molecular complexity index is 701. The summed E-state index contributed by atoms with van der Waals surface area (Å²) in [5.74, 6) is 0.222. The highest BCUT2D eigenvalue weighted by molar-refractivity contribution is 7.89. The molecule has 0 aliphatic rings. The van der Waals surface area contributed by atoms with Gasteiger partial charge in [-0.05, 0) is 26.3 Å². The topological polar surface area (TPSA) is 92.4 Å². The quantitative estimate of drug-likeness (QED) is 0.872. The van der Waals surface area contributed by atoms with Crippen LogP contribution in [0.2, 0.25) is 0 Å². The van der Waals surface area contributed by atoms with Crippen molar-refractivity contribution in [1.29, 1.82) is 0 Å². The van der Waals surface area contributed by atoms with Gasteiger partial charge in [0.25, 0.3) is 0 Å². The maximum atomic E-state index is 12.3. The van der Waals surface area contributed by atoms with Crippen molar-refractivity contribution in [3.8, 4) is 0 Å². The summed E-state index contributed by atoms with van der Waals surface area (Å²) in [5, 5.41) is 14.0. The van der Waals surface area contributed by atoms with Crippen LogP contribution >= 0.6 is 0 Å². The Morgan fingerprint density at radius 3 is 2.43 bits per heavy atom. The number of rotatable bonds is 5. The first-order chi connectivity index (χ1) is 9.74. The molecule has 7 heteroatoms. The first-order valence-electron chi connectivity index (χ1n) is 6.44. The van der Waals surface area contributed by atoms with Gasteiger partial charge in [0.1, 0.15) is 16.2 Å². The highest BCUT2D eigenvalue weighted by atomic mass is 32.2. The third-order valence-corrected chi connectivity index (χ3v) is 4.88. The van der Waals surface area contributed by atoms with Gasteiger partial charge in [0.05, 0.1) is 0 Å². The fraction of sp³-hybridized carbons (Fsp3) is 0.357. The molecule has 1 aromatic heterocycles. The Kier molecular flexibility index (Phi) is 4.18. The zero-order chi connectivity index (χ0) is 15.7. The van der Waals surface area contributed by atoms with Crippen LogP contribution in [0.3, 0.4) is 0 Å². The Morgan fingerprint density at radius 2 is 1.90 bits per heavy atom. The van der Waals surface area contributed by atoms with Crippen LogP contribution in [0.5, 0.6) is 0 Å². The molecule has 1 unspecified atom stereocenters. The van der Waals surface area contributed by atoms with Crippen molar-refractivity contribution in [3.05, 3.63) is 47.3 Å². The number of aliphatic hydroxyl groups is 1. The third kappa shape index (κ3) is 3.31. The van der Waals surface area contributed by atoms with Gasteiger partial charge in [-0.1, -0.05) is 35.5 Å². The van der Waals surface area contributed by atoms with Gasteiger partial charge >= 0.3 is 0 Å². The molecule has 114 valence electrons. The second-order valence-corrected chi connectivity index (χ2v) is 6.82. The van der Waals surface area contributed by atoms with Crippen LogP contribution in [0.1, 0.15) is 23.9 Å². The lowest BCUT2D eigenvalue weighted by Gasteiger charge is -2.24. The molecule has 0 saturated heterocycles. The maximum absolute atomic E-state index is 12.3. The highest BCUT2D eigenvalue weighted by Gasteiger charge is 2.29. The summed E-state index contributed by atoms with van der Waals surface area (Å²) in [7, 11) is -3.79. The molecule has 0 bridgehead atoms.